The van der Waals surface area contributed by atoms with Crippen LogP contribution in [0.3, 0.4) is 0 Å². The van der Waals surface area contributed by atoms with E-state index in [2.05, 4.69) is 15.9 Å². The molecule has 0 aliphatic heterocycles. The van der Waals surface area contributed by atoms with E-state index in [1.807, 2.05) is 0 Å². The van der Waals surface area contributed by atoms with Gasteiger partial charge in [0.1, 0.15) is 5.75 Å². The molecule has 0 aromatic heterocycles. The number of ether oxygens (including phenoxy) is 1. The van der Waals surface area contributed by atoms with Crippen LogP contribution in [0, 0.1) is 0 Å². The van der Waals surface area contributed by atoms with Gasteiger partial charge in [0.25, 0.3) is 0 Å². The highest BCUT2D eigenvalue weighted by Gasteiger charge is 2.50. The minimum absolute atomic E-state index is 0.0775. The lowest BCUT2D eigenvalue weighted by Gasteiger charge is -2.25. The van der Waals surface area contributed by atoms with E-state index in [0.29, 0.717) is 20.1 Å². The molecule has 9 heteroatoms. The van der Waals surface area contributed by atoms with Crippen LogP contribution in [0.5, 0.6) is 5.75 Å². The number of nitrogens with zero attached hydrogens (tertiary/aromatic N) is 1. The summed E-state index contributed by atoms with van der Waals surface area (Å²) in [6, 6.07) is 11.7. The van der Waals surface area contributed by atoms with Gasteiger partial charge in [-0.25, -0.2) is 0 Å². The normalized spacial score (nSPS) is 12.0. The Morgan fingerprint density at radius 2 is 1.58 bits per heavy atom. The van der Waals surface area contributed by atoms with Crippen molar-refractivity contribution in [3.05, 3.63) is 58.6 Å². The van der Waals surface area contributed by atoms with E-state index in [9.17, 15) is 21.6 Å². The second-order valence-electron chi connectivity index (χ2n) is 4.78. The molecule has 2 aromatic carbocycles. The van der Waals surface area contributed by atoms with Crippen molar-refractivity contribution in [2.75, 3.05) is 11.4 Å². The van der Waals surface area contributed by atoms with Crippen molar-refractivity contribution in [2.24, 2.45) is 0 Å². The van der Waals surface area contributed by atoms with Crippen molar-refractivity contribution in [2.45, 2.75) is 12.1 Å². The van der Waals surface area contributed by atoms with E-state index in [1.54, 1.807) is 12.1 Å². The number of halogens is 4. The maximum absolute atomic E-state index is 13.0. The number of alkyl halides is 3. The highest BCUT2D eigenvalue weighted by Crippen LogP contribution is 2.33. The van der Waals surface area contributed by atoms with Gasteiger partial charge < -0.3 is 4.74 Å². The van der Waals surface area contributed by atoms with E-state index < -0.39 is 22.1 Å². The summed E-state index contributed by atoms with van der Waals surface area (Å²) >= 11 is 3.16. The molecule has 130 valence electrons. The van der Waals surface area contributed by atoms with Gasteiger partial charge in [-0.15, -0.1) is 0 Å². The van der Waals surface area contributed by atoms with Crippen LogP contribution in [0.2, 0.25) is 0 Å². The molecule has 0 aliphatic carbocycles. The SMILES string of the molecule is COc1ccc(CN(c2ccc(Br)cc2)S(=O)(=O)C(F)(F)F)cc1. The molecule has 0 saturated heterocycles. The molecule has 0 spiro atoms. The van der Waals surface area contributed by atoms with Crippen molar-refractivity contribution in [3.8, 4) is 5.75 Å². The Bertz CT molecular complexity index is 790. The Hall–Kier alpha value is -1.74. The minimum atomic E-state index is -5.53. The highest BCUT2D eigenvalue weighted by atomic mass is 79.9. The maximum atomic E-state index is 13.0. The van der Waals surface area contributed by atoms with Crippen molar-refractivity contribution >= 4 is 31.6 Å². The lowest BCUT2D eigenvalue weighted by atomic mass is 10.2. The molecule has 2 rings (SSSR count). The first-order valence-corrected chi connectivity index (χ1v) is 8.86. The Balaban J connectivity index is 2.44. The fourth-order valence-corrected chi connectivity index (χ4v) is 3.18. The van der Waals surface area contributed by atoms with Crippen LogP contribution >= 0.6 is 15.9 Å². The molecule has 0 N–H and O–H groups in total. The monoisotopic (exact) mass is 423 g/mol. The smallest absolute Gasteiger partial charge is 0.497 e. The molecule has 0 atom stereocenters. The summed E-state index contributed by atoms with van der Waals surface area (Å²) in [5, 5.41) is 0. The first kappa shape index (κ1) is 18.6. The van der Waals surface area contributed by atoms with Crippen molar-refractivity contribution in [1.29, 1.82) is 0 Å². The van der Waals surface area contributed by atoms with Gasteiger partial charge in [0.05, 0.1) is 19.3 Å². The fourth-order valence-electron chi connectivity index (χ4n) is 1.94. The summed E-state index contributed by atoms with van der Waals surface area (Å²) in [5.74, 6) is 0.521. The van der Waals surface area contributed by atoms with Crippen molar-refractivity contribution in [1.82, 2.24) is 0 Å². The van der Waals surface area contributed by atoms with Gasteiger partial charge in [-0.3, -0.25) is 4.31 Å². The molecule has 0 heterocycles. The minimum Gasteiger partial charge on any atom is -0.497 e. The summed E-state index contributed by atoms with van der Waals surface area (Å²) in [5.41, 5.74) is -5.08. The third kappa shape index (κ3) is 4.02. The molecule has 0 amide bonds. The predicted octanol–water partition coefficient (Wildman–Crippen LogP) is 4.31. The Morgan fingerprint density at radius 3 is 2.04 bits per heavy atom. The number of rotatable bonds is 5. The second-order valence-corrected chi connectivity index (χ2v) is 7.55. The van der Waals surface area contributed by atoms with Crippen LogP contribution in [0.15, 0.2) is 53.0 Å². The van der Waals surface area contributed by atoms with Gasteiger partial charge in [0.2, 0.25) is 0 Å². The molecule has 0 unspecified atom stereocenters. The zero-order chi connectivity index (χ0) is 18.0. The largest absolute Gasteiger partial charge is 0.516 e. The number of benzene rings is 2. The molecule has 24 heavy (non-hydrogen) atoms. The summed E-state index contributed by atoms with van der Waals surface area (Å²) < 4.78 is 68.8. The Labute approximate surface area is 146 Å². The van der Waals surface area contributed by atoms with Crippen LogP contribution < -0.4 is 9.04 Å². The highest BCUT2D eigenvalue weighted by molar-refractivity contribution is 9.10. The van der Waals surface area contributed by atoms with E-state index in [4.69, 9.17) is 4.74 Å². The van der Waals surface area contributed by atoms with Gasteiger partial charge in [-0.1, -0.05) is 28.1 Å². The molecule has 0 saturated carbocycles. The second kappa shape index (κ2) is 7.02. The Kier molecular flexibility index (Phi) is 5.44. The van der Waals surface area contributed by atoms with Crippen LogP contribution in [0.4, 0.5) is 18.9 Å². The van der Waals surface area contributed by atoms with Crippen LogP contribution in [0.25, 0.3) is 0 Å². The van der Waals surface area contributed by atoms with E-state index in [1.165, 1.54) is 43.5 Å². The molecule has 0 bridgehead atoms. The fraction of sp³-hybridized carbons (Fsp3) is 0.200. The van der Waals surface area contributed by atoms with Gasteiger partial charge in [-0.2, -0.15) is 21.6 Å². The lowest BCUT2D eigenvalue weighted by molar-refractivity contribution is -0.0438. The van der Waals surface area contributed by atoms with Crippen LogP contribution in [0.1, 0.15) is 5.56 Å². The molecular weight excluding hydrogens is 411 g/mol. The average Bonchev–Trinajstić information content (AvgIpc) is 2.53. The first-order valence-electron chi connectivity index (χ1n) is 6.62. The van der Waals surface area contributed by atoms with Crippen LogP contribution in [-0.2, 0) is 16.6 Å². The summed E-state index contributed by atoms with van der Waals surface area (Å²) in [7, 11) is -4.08. The summed E-state index contributed by atoms with van der Waals surface area (Å²) in [6.07, 6.45) is 0. The standard InChI is InChI=1S/C15H13BrF3NO3S/c1-23-14-8-2-11(3-9-14)10-20(24(21,22)15(17,18)19)13-6-4-12(16)5-7-13/h2-9H,10H2,1H3. The van der Waals surface area contributed by atoms with E-state index in [0.717, 1.165) is 0 Å². The zero-order valence-electron chi connectivity index (χ0n) is 12.4. The Morgan fingerprint density at radius 1 is 1.04 bits per heavy atom. The number of sulfonamides is 1. The number of methoxy groups -OCH3 is 1. The van der Waals surface area contributed by atoms with Gasteiger partial charge >= 0.3 is 15.5 Å². The first-order chi connectivity index (χ1) is 11.1. The van der Waals surface area contributed by atoms with Crippen LogP contribution in [-0.4, -0.2) is 21.0 Å². The van der Waals surface area contributed by atoms with Crippen molar-refractivity contribution < 1.29 is 26.3 Å². The number of hydrogen-bond acceptors (Lipinski definition) is 3. The molecular formula is C15H13BrF3NO3S. The van der Waals surface area contributed by atoms with Crippen molar-refractivity contribution in [3.63, 3.8) is 0 Å². The molecule has 4 nitrogen and oxygen atoms in total. The lowest BCUT2D eigenvalue weighted by Crippen LogP contribution is -2.40. The van der Waals surface area contributed by atoms with E-state index >= 15 is 0 Å². The summed E-state index contributed by atoms with van der Waals surface area (Å²) in [4.78, 5) is 0. The topological polar surface area (TPSA) is 46.6 Å². The van der Waals surface area contributed by atoms with E-state index in [-0.39, 0.29) is 5.69 Å². The molecule has 2 aromatic rings. The molecule has 0 fully saturated rings. The van der Waals surface area contributed by atoms with Gasteiger partial charge in [0, 0.05) is 4.47 Å². The quantitative estimate of drug-likeness (QED) is 0.719. The molecule has 0 aliphatic rings. The molecule has 0 radical (unpaired) electrons. The number of anilines is 1. The third-order valence-electron chi connectivity index (χ3n) is 3.18. The summed E-state index contributed by atoms with van der Waals surface area (Å²) in [6.45, 7) is -0.451. The average molecular weight is 424 g/mol. The third-order valence-corrected chi connectivity index (χ3v) is 5.22. The number of hydrogen-bond donors (Lipinski definition) is 0. The predicted molar refractivity (Wildman–Crippen MR) is 88.3 cm³/mol. The zero-order valence-corrected chi connectivity index (χ0v) is 14.8. The van der Waals surface area contributed by atoms with Gasteiger partial charge in [0.15, 0.2) is 0 Å². The van der Waals surface area contributed by atoms with Gasteiger partial charge in [-0.05, 0) is 42.0 Å². The maximum Gasteiger partial charge on any atom is 0.516 e.